The largest absolute Gasteiger partial charge is 0.313 e. The average Bonchev–Trinajstić information content (AvgIpc) is 2.86. The van der Waals surface area contributed by atoms with E-state index in [9.17, 15) is 8.42 Å². The van der Waals surface area contributed by atoms with Crippen LogP contribution in [0.1, 0.15) is 41.0 Å². The van der Waals surface area contributed by atoms with Gasteiger partial charge in [0.05, 0.1) is 12.7 Å². The van der Waals surface area contributed by atoms with Crippen LogP contribution in [0.3, 0.4) is 0 Å². The van der Waals surface area contributed by atoms with E-state index in [0.29, 0.717) is 19.1 Å². The summed E-state index contributed by atoms with van der Waals surface area (Å²) in [6.45, 7) is 12.1. The molecule has 7 heteroatoms. The van der Waals surface area contributed by atoms with Crippen LogP contribution in [0.4, 0.5) is 0 Å². The van der Waals surface area contributed by atoms with E-state index in [-0.39, 0.29) is 10.3 Å². The van der Waals surface area contributed by atoms with Crippen molar-refractivity contribution in [1.82, 2.24) is 19.8 Å². The Bertz CT molecular complexity index is 535. The molecule has 0 aliphatic heterocycles. The van der Waals surface area contributed by atoms with Crippen molar-refractivity contribution in [1.29, 1.82) is 0 Å². The molecule has 1 aromatic rings. The zero-order valence-electron chi connectivity index (χ0n) is 13.7. The standard InChI is InChI=1S/C14H28N4O2S/c1-6-14(4,5)11-17-21(19,20)13-9-16-18(10-13)8-7-15-12(2)3/h9-10,12,15,17H,6-8,11H2,1-5H3. The molecule has 0 unspecified atom stereocenters. The normalized spacial score (nSPS) is 13.0. The average molecular weight is 316 g/mol. The summed E-state index contributed by atoms with van der Waals surface area (Å²) in [5.41, 5.74) is -0.0513. The quantitative estimate of drug-likeness (QED) is 0.725. The van der Waals surface area contributed by atoms with Crippen molar-refractivity contribution in [2.24, 2.45) is 5.41 Å². The molecule has 0 amide bonds. The minimum Gasteiger partial charge on any atom is -0.313 e. The summed E-state index contributed by atoms with van der Waals surface area (Å²) in [5, 5.41) is 7.37. The summed E-state index contributed by atoms with van der Waals surface area (Å²) in [4.78, 5) is 0.221. The third-order valence-corrected chi connectivity index (χ3v) is 4.87. The summed E-state index contributed by atoms with van der Waals surface area (Å²) in [5.74, 6) is 0. The van der Waals surface area contributed by atoms with Crippen LogP contribution in [0, 0.1) is 5.41 Å². The van der Waals surface area contributed by atoms with Gasteiger partial charge in [0.2, 0.25) is 10.0 Å². The van der Waals surface area contributed by atoms with Crippen LogP contribution in [0.2, 0.25) is 0 Å². The minimum atomic E-state index is -3.48. The van der Waals surface area contributed by atoms with Gasteiger partial charge in [0.1, 0.15) is 4.90 Å². The predicted molar refractivity (Wildman–Crippen MR) is 84.6 cm³/mol. The summed E-state index contributed by atoms with van der Waals surface area (Å²) in [6.07, 6.45) is 3.88. The molecule has 1 aromatic heterocycles. The zero-order valence-corrected chi connectivity index (χ0v) is 14.5. The van der Waals surface area contributed by atoms with Crippen molar-refractivity contribution in [2.75, 3.05) is 13.1 Å². The van der Waals surface area contributed by atoms with Crippen molar-refractivity contribution in [3.8, 4) is 0 Å². The second-order valence-electron chi connectivity index (χ2n) is 6.39. The molecule has 0 fully saturated rings. The van der Waals surface area contributed by atoms with E-state index in [1.165, 1.54) is 6.20 Å². The Labute approximate surface area is 128 Å². The molecular weight excluding hydrogens is 288 g/mol. The molecule has 0 spiro atoms. The second kappa shape index (κ2) is 7.38. The maximum atomic E-state index is 12.2. The van der Waals surface area contributed by atoms with E-state index in [4.69, 9.17) is 0 Å². The minimum absolute atomic E-state index is 0.0513. The Hall–Kier alpha value is -0.920. The lowest BCUT2D eigenvalue weighted by atomic mass is 9.91. The summed E-state index contributed by atoms with van der Waals surface area (Å²) >= 11 is 0. The van der Waals surface area contributed by atoms with Crippen LogP contribution < -0.4 is 10.0 Å². The Kier molecular flexibility index (Phi) is 6.37. The topological polar surface area (TPSA) is 76.0 Å². The zero-order chi connectivity index (χ0) is 16.1. The Morgan fingerprint density at radius 1 is 1.38 bits per heavy atom. The molecule has 0 radical (unpaired) electrons. The van der Waals surface area contributed by atoms with Crippen molar-refractivity contribution < 1.29 is 8.42 Å². The van der Waals surface area contributed by atoms with E-state index in [2.05, 4.69) is 29.0 Å². The van der Waals surface area contributed by atoms with Crippen molar-refractivity contribution in [3.63, 3.8) is 0 Å². The lowest BCUT2D eigenvalue weighted by molar-refractivity contribution is 0.350. The van der Waals surface area contributed by atoms with Crippen LogP contribution in [0.25, 0.3) is 0 Å². The van der Waals surface area contributed by atoms with Gasteiger partial charge in [0.15, 0.2) is 0 Å². The maximum absolute atomic E-state index is 12.2. The smallest absolute Gasteiger partial charge is 0.243 e. The molecule has 1 rings (SSSR count). The van der Waals surface area contributed by atoms with Crippen molar-refractivity contribution >= 4 is 10.0 Å². The van der Waals surface area contributed by atoms with Gasteiger partial charge in [-0.1, -0.05) is 34.6 Å². The van der Waals surface area contributed by atoms with E-state index in [0.717, 1.165) is 13.0 Å². The number of nitrogens with zero attached hydrogens (tertiary/aromatic N) is 2. The van der Waals surface area contributed by atoms with Gasteiger partial charge in [0.25, 0.3) is 0 Å². The monoisotopic (exact) mass is 316 g/mol. The van der Waals surface area contributed by atoms with Gasteiger partial charge in [-0.05, 0) is 11.8 Å². The SMILES string of the molecule is CCC(C)(C)CNS(=O)(=O)c1cnn(CCNC(C)C)c1. The molecule has 0 atom stereocenters. The summed E-state index contributed by atoms with van der Waals surface area (Å²) in [6, 6.07) is 0.404. The lowest BCUT2D eigenvalue weighted by Gasteiger charge is -2.22. The molecule has 0 bridgehead atoms. The molecule has 0 saturated heterocycles. The number of nitrogens with one attached hydrogen (secondary N) is 2. The molecule has 6 nitrogen and oxygen atoms in total. The van der Waals surface area contributed by atoms with Crippen LogP contribution in [0.15, 0.2) is 17.3 Å². The third-order valence-electron chi connectivity index (χ3n) is 3.51. The lowest BCUT2D eigenvalue weighted by Crippen LogP contribution is -2.33. The molecule has 0 aliphatic carbocycles. The molecular formula is C14H28N4O2S. The second-order valence-corrected chi connectivity index (χ2v) is 8.16. The predicted octanol–water partition coefficient (Wildman–Crippen LogP) is 1.60. The first-order chi connectivity index (χ1) is 9.66. The van der Waals surface area contributed by atoms with E-state index >= 15 is 0 Å². The number of hydrogen-bond donors (Lipinski definition) is 2. The van der Waals surface area contributed by atoms with Gasteiger partial charge in [-0.15, -0.1) is 0 Å². The fraction of sp³-hybridized carbons (Fsp3) is 0.786. The van der Waals surface area contributed by atoms with Gasteiger partial charge >= 0.3 is 0 Å². The van der Waals surface area contributed by atoms with Gasteiger partial charge in [-0.25, -0.2) is 13.1 Å². The van der Waals surface area contributed by atoms with Gasteiger partial charge in [-0.2, -0.15) is 5.10 Å². The van der Waals surface area contributed by atoms with Crippen LogP contribution in [-0.2, 0) is 16.6 Å². The fourth-order valence-corrected chi connectivity index (χ4v) is 2.77. The summed E-state index contributed by atoms with van der Waals surface area (Å²) < 4.78 is 28.7. The number of aromatic nitrogens is 2. The fourth-order valence-electron chi connectivity index (χ4n) is 1.57. The van der Waals surface area contributed by atoms with Crippen molar-refractivity contribution in [2.45, 2.75) is 58.5 Å². The van der Waals surface area contributed by atoms with E-state index in [1.54, 1.807) is 10.9 Å². The number of hydrogen-bond acceptors (Lipinski definition) is 4. The maximum Gasteiger partial charge on any atom is 0.243 e. The van der Waals surface area contributed by atoms with E-state index in [1.807, 2.05) is 20.8 Å². The summed E-state index contributed by atoms with van der Waals surface area (Å²) in [7, 11) is -3.48. The van der Waals surface area contributed by atoms with Gasteiger partial charge in [0, 0.05) is 25.3 Å². The number of sulfonamides is 1. The first-order valence-corrected chi connectivity index (χ1v) is 8.90. The molecule has 0 aromatic carbocycles. The Morgan fingerprint density at radius 2 is 2.05 bits per heavy atom. The molecule has 0 saturated carbocycles. The molecule has 21 heavy (non-hydrogen) atoms. The van der Waals surface area contributed by atoms with Gasteiger partial charge < -0.3 is 5.32 Å². The molecule has 0 aliphatic rings. The highest BCUT2D eigenvalue weighted by atomic mass is 32.2. The van der Waals surface area contributed by atoms with Crippen molar-refractivity contribution in [3.05, 3.63) is 12.4 Å². The highest BCUT2D eigenvalue weighted by molar-refractivity contribution is 7.89. The first-order valence-electron chi connectivity index (χ1n) is 7.42. The Balaban J connectivity index is 2.62. The highest BCUT2D eigenvalue weighted by Gasteiger charge is 2.21. The van der Waals surface area contributed by atoms with Crippen LogP contribution >= 0.6 is 0 Å². The first kappa shape index (κ1) is 18.1. The van der Waals surface area contributed by atoms with E-state index < -0.39 is 10.0 Å². The van der Waals surface area contributed by atoms with Crippen LogP contribution in [0.5, 0.6) is 0 Å². The molecule has 1 heterocycles. The molecule has 2 N–H and O–H groups in total. The highest BCUT2D eigenvalue weighted by Crippen LogP contribution is 2.19. The third kappa shape index (κ3) is 6.15. The van der Waals surface area contributed by atoms with Gasteiger partial charge in [-0.3, -0.25) is 4.68 Å². The molecule has 122 valence electrons. The number of rotatable bonds is 9. The Morgan fingerprint density at radius 3 is 2.62 bits per heavy atom. The van der Waals surface area contributed by atoms with Crippen LogP contribution in [-0.4, -0.2) is 37.3 Å².